The van der Waals surface area contributed by atoms with Crippen molar-refractivity contribution >= 4 is 29.1 Å². The van der Waals surface area contributed by atoms with E-state index in [2.05, 4.69) is 15.5 Å². The van der Waals surface area contributed by atoms with Crippen molar-refractivity contribution in [1.29, 1.82) is 0 Å². The number of nitrogens with two attached hydrogens (primary N) is 1. The second kappa shape index (κ2) is 6.74. The molecule has 2 amide bonds. The van der Waals surface area contributed by atoms with Gasteiger partial charge in [0.1, 0.15) is 11.5 Å². The van der Waals surface area contributed by atoms with Crippen molar-refractivity contribution in [2.75, 3.05) is 5.32 Å². The van der Waals surface area contributed by atoms with Crippen molar-refractivity contribution in [3.63, 3.8) is 0 Å². The molecule has 1 heterocycles. The van der Waals surface area contributed by atoms with Crippen molar-refractivity contribution in [1.82, 2.24) is 10.2 Å². The van der Waals surface area contributed by atoms with Gasteiger partial charge in [-0.3, -0.25) is 14.7 Å². The predicted molar refractivity (Wildman–Crippen MR) is 91.9 cm³/mol. The number of carbonyl (C=O) groups excluding carboxylic acids is 2. The van der Waals surface area contributed by atoms with E-state index in [1.807, 2.05) is 0 Å². The molecule has 6 nitrogen and oxygen atoms in total. The molecular formula is C17H12ClFN4O2. The number of anilines is 1. The molecule has 2 aromatic carbocycles. The highest BCUT2D eigenvalue weighted by molar-refractivity contribution is 6.33. The Hall–Kier alpha value is -3.19. The molecule has 126 valence electrons. The Bertz CT molecular complexity index is 971. The van der Waals surface area contributed by atoms with Crippen LogP contribution in [-0.2, 0) is 0 Å². The van der Waals surface area contributed by atoms with Crippen LogP contribution in [0.2, 0.25) is 5.02 Å². The maximum atomic E-state index is 13.5. The fourth-order valence-electron chi connectivity index (χ4n) is 2.24. The van der Waals surface area contributed by atoms with E-state index >= 15 is 0 Å². The number of rotatable bonds is 4. The molecule has 0 saturated heterocycles. The first-order valence-corrected chi connectivity index (χ1v) is 7.54. The first kappa shape index (κ1) is 16.7. The third-order valence-electron chi connectivity index (χ3n) is 3.46. The molecule has 25 heavy (non-hydrogen) atoms. The summed E-state index contributed by atoms with van der Waals surface area (Å²) in [7, 11) is 0. The van der Waals surface area contributed by atoms with E-state index in [1.54, 1.807) is 24.3 Å². The van der Waals surface area contributed by atoms with Crippen molar-refractivity contribution < 1.29 is 14.0 Å². The summed E-state index contributed by atoms with van der Waals surface area (Å²) in [6.07, 6.45) is 0. The van der Waals surface area contributed by atoms with Crippen LogP contribution in [0, 0.1) is 5.82 Å². The molecule has 0 aliphatic rings. The molecule has 8 heteroatoms. The van der Waals surface area contributed by atoms with Gasteiger partial charge in [-0.2, -0.15) is 5.10 Å². The number of carbonyl (C=O) groups is 2. The van der Waals surface area contributed by atoms with Gasteiger partial charge in [0.25, 0.3) is 11.8 Å². The van der Waals surface area contributed by atoms with Gasteiger partial charge in [-0.1, -0.05) is 29.8 Å². The molecular weight excluding hydrogens is 347 g/mol. The SMILES string of the molecule is NC(=O)c1cc(NC(=O)c2cc(-c3ccccc3Cl)n[nH]2)ccc1F. The van der Waals surface area contributed by atoms with Gasteiger partial charge in [-0.25, -0.2) is 4.39 Å². The number of halogens is 2. The Kier molecular flexibility index (Phi) is 4.49. The third-order valence-corrected chi connectivity index (χ3v) is 3.79. The molecule has 0 bridgehead atoms. The Balaban J connectivity index is 1.82. The third kappa shape index (κ3) is 3.51. The second-order valence-electron chi connectivity index (χ2n) is 5.16. The average Bonchev–Trinajstić information content (AvgIpc) is 3.06. The Labute approximate surface area is 146 Å². The van der Waals surface area contributed by atoms with Gasteiger partial charge in [0.15, 0.2) is 0 Å². The first-order valence-electron chi connectivity index (χ1n) is 7.16. The van der Waals surface area contributed by atoms with Crippen molar-refractivity contribution in [2.45, 2.75) is 0 Å². The van der Waals surface area contributed by atoms with Crippen LogP contribution in [0.5, 0.6) is 0 Å². The van der Waals surface area contributed by atoms with Crippen LogP contribution in [0.25, 0.3) is 11.3 Å². The topological polar surface area (TPSA) is 101 Å². The number of hydrogen-bond acceptors (Lipinski definition) is 3. The highest BCUT2D eigenvalue weighted by atomic mass is 35.5. The number of hydrogen-bond donors (Lipinski definition) is 3. The van der Waals surface area contributed by atoms with Gasteiger partial charge in [0.05, 0.1) is 16.3 Å². The Morgan fingerprint density at radius 2 is 1.92 bits per heavy atom. The number of primary amides is 1. The second-order valence-corrected chi connectivity index (χ2v) is 5.57. The van der Waals surface area contributed by atoms with E-state index in [9.17, 15) is 14.0 Å². The Morgan fingerprint density at radius 1 is 1.16 bits per heavy atom. The number of aromatic amines is 1. The lowest BCUT2D eigenvalue weighted by Gasteiger charge is -2.05. The highest BCUT2D eigenvalue weighted by Crippen LogP contribution is 2.26. The number of amides is 2. The van der Waals surface area contributed by atoms with Gasteiger partial charge in [0.2, 0.25) is 0 Å². The fraction of sp³-hybridized carbons (Fsp3) is 0. The average molecular weight is 359 g/mol. The molecule has 0 fully saturated rings. The fourth-order valence-corrected chi connectivity index (χ4v) is 2.47. The van der Waals surface area contributed by atoms with Crippen molar-refractivity contribution in [2.24, 2.45) is 5.73 Å². The maximum Gasteiger partial charge on any atom is 0.273 e. The van der Waals surface area contributed by atoms with Crippen LogP contribution in [0.4, 0.5) is 10.1 Å². The molecule has 0 atom stereocenters. The van der Waals surface area contributed by atoms with E-state index < -0.39 is 17.6 Å². The minimum atomic E-state index is -0.920. The van der Waals surface area contributed by atoms with Gasteiger partial charge in [-0.05, 0) is 30.3 Å². The normalized spacial score (nSPS) is 10.5. The number of benzene rings is 2. The lowest BCUT2D eigenvalue weighted by Crippen LogP contribution is -2.16. The minimum absolute atomic E-state index is 0.180. The zero-order chi connectivity index (χ0) is 18.0. The van der Waals surface area contributed by atoms with E-state index in [4.69, 9.17) is 17.3 Å². The molecule has 3 aromatic rings. The smallest absolute Gasteiger partial charge is 0.273 e. The van der Waals surface area contributed by atoms with Gasteiger partial charge < -0.3 is 11.1 Å². The van der Waals surface area contributed by atoms with E-state index in [0.717, 1.165) is 6.07 Å². The molecule has 4 N–H and O–H groups in total. The highest BCUT2D eigenvalue weighted by Gasteiger charge is 2.15. The van der Waals surface area contributed by atoms with Crippen LogP contribution in [0.15, 0.2) is 48.5 Å². The standard InChI is InChI=1S/C17H12ClFN4O2/c18-12-4-2-1-3-10(12)14-8-15(23-22-14)17(25)21-9-5-6-13(19)11(7-9)16(20)24/h1-8H,(H2,20,24)(H,21,25)(H,22,23). The van der Waals surface area contributed by atoms with Crippen LogP contribution >= 0.6 is 11.6 Å². The lowest BCUT2D eigenvalue weighted by molar-refractivity contribution is 0.0992. The summed E-state index contributed by atoms with van der Waals surface area (Å²) in [6, 6.07) is 12.2. The summed E-state index contributed by atoms with van der Waals surface area (Å²) in [6.45, 7) is 0. The van der Waals surface area contributed by atoms with Crippen LogP contribution in [-0.4, -0.2) is 22.0 Å². The van der Waals surface area contributed by atoms with Gasteiger partial charge in [0, 0.05) is 11.3 Å². The molecule has 0 saturated carbocycles. The minimum Gasteiger partial charge on any atom is -0.366 e. The lowest BCUT2D eigenvalue weighted by atomic mass is 10.1. The number of H-pyrrole nitrogens is 1. The van der Waals surface area contributed by atoms with Crippen molar-refractivity contribution in [3.05, 3.63) is 70.6 Å². The monoisotopic (exact) mass is 358 g/mol. The van der Waals surface area contributed by atoms with Crippen LogP contribution in [0.3, 0.4) is 0 Å². The quantitative estimate of drug-likeness (QED) is 0.667. The summed E-state index contributed by atoms with van der Waals surface area (Å²) in [5, 5.41) is 9.73. The van der Waals surface area contributed by atoms with Crippen LogP contribution in [0.1, 0.15) is 20.8 Å². The van der Waals surface area contributed by atoms with Gasteiger partial charge >= 0.3 is 0 Å². The molecule has 0 unspecified atom stereocenters. The number of aromatic nitrogens is 2. The van der Waals surface area contributed by atoms with Crippen molar-refractivity contribution in [3.8, 4) is 11.3 Å². The summed E-state index contributed by atoms with van der Waals surface area (Å²) in [4.78, 5) is 23.4. The number of nitrogens with zero attached hydrogens (tertiary/aromatic N) is 1. The summed E-state index contributed by atoms with van der Waals surface area (Å²) >= 11 is 6.11. The molecule has 0 aliphatic carbocycles. The number of nitrogens with one attached hydrogen (secondary N) is 2. The van der Waals surface area contributed by atoms with Crippen LogP contribution < -0.4 is 11.1 Å². The molecule has 0 spiro atoms. The Morgan fingerprint density at radius 3 is 2.64 bits per heavy atom. The first-order chi connectivity index (χ1) is 12.0. The zero-order valence-electron chi connectivity index (χ0n) is 12.7. The molecule has 3 rings (SSSR count). The summed E-state index contributed by atoms with van der Waals surface area (Å²) in [5.74, 6) is -2.18. The zero-order valence-corrected chi connectivity index (χ0v) is 13.5. The molecule has 0 radical (unpaired) electrons. The molecule has 1 aromatic heterocycles. The maximum absolute atomic E-state index is 13.5. The van der Waals surface area contributed by atoms with E-state index in [-0.39, 0.29) is 16.9 Å². The van der Waals surface area contributed by atoms with E-state index in [1.165, 1.54) is 18.2 Å². The summed E-state index contributed by atoms with van der Waals surface area (Å²) in [5.41, 5.74) is 6.38. The molecule has 0 aliphatic heterocycles. The predicted octanol–water partition coefficient (Wildman–Crippen LogP) is 3.22. The summed E-state index contributed by atoms with van der Waals surface area (Å²) < 4.78 is 13.5. The van der Waals surface area contributed by atoms with E-state index in [0.29, 0.717) is 16.3 Å². The van der Waals surface area contributed by atoms with Gasteiger partial charge in [-0.15, -0.1) is 0 Å². The largest absolute Gasteiger partial charge is 0.366 e.